The average Bonchev–Trinajstić information content (AvgIpc) is 2.27. The lowest BCUT2D eigenvalue weighted by atomic mass is 10.1. The minimum absolute atomic E-state index is 0.0374. The van der Waals surface area contributed by atoms with Crippen molar-refractivity contribution >= 4 is 5.69 Å². The number of nitrogen functional groups attached to an aromatic ring is 1. The number of aliphatic hydroxyl groups is 1. The minimum Gasteiger partial charge on any atom is -0.398 e. The Morgan fingerprint density at radius 1 is 1.31 bits per heavy atom. The van der Waals surface area contributed by atoms with Crippen molar-refractivity contribution in [3.05, 3.63) is 29.8 Å². The number of para-hydroxylation sites is 1. The van der Waals surface area contributed by atoms with Crippen LogP contribution in [0.25, 0.3) is 0 Å². The molecule has 0 aliphatic rings. The Bertz CT molecular complexity index is 317. The zero-order valence-electron chi connectivity index (χ0n) is 9.72. The predicted molar refractivity (Wildman–Crippen MR) is 63.1 cm³/mol. The SMILES string of the molecule is COCC(C)OCC(O)c1ccccc1N. The van der Waals surface area contributed by atoms with Gasteiger partial charge in [-0.05, 0) is 13.0 Å². The fourth-order valence-electron chi connectivity index (χ4n) is 1.44. The number of anilines is 1. The molecular weight excluding hydrogens is 206 g/mol. The first-order valence-corrected chi connectivity index (χ1v) is 5.28. The van der Waals surface area contributed by atoms with Crippen molar-refractivity contribution < 1.29 is 14.6 Å². The Labute approximate surface area is 96.0 Å². The van der Waals surface area contributed by atoms with Crippen LogP contribution in [0.15, 0.2) is 24.3 Å². The highest BCUT2D eigenvalue weighted by Gasteiger charge is 2.12. The van der Waals surface area contributed by atoms with Crippen LogP contribution in [0.3, 0.4) is 0 Å². The summed E-state index contributed by atoms with van der Waals surface area (Å²) < 4.78 is 10.4. The topological polar surface area (TPSA) is 64.7 Å². The normalized spacial score (nSPS) is 14.7. The fraction of sp³-hybridized carbons (Fsp3) is 0.500. The molecule has 0 radical (unpaired) electrons. The summed E-state index contributed by atoms with van der Waals surface area (Å²) >= 11 is 0. The number of hydrogen-bond acceptors (Lipinski definition) is 4. The number of benzene rings is 1. The monoisotopic (exact) mass is 225 g/mol. The second-order valence-electron chi connectivity index (χ2n) is 3.74. The minimum atomic E-state index is -0.694. The van der Waals surface area contributed by atoms with E-state index >= 15 is 0 Å². The molecule has 3 N–H and O–H groups in total. The third-order valence-corrected chi connectivity index (χ3v) is 2.29. The summed E-state index contributed by atoms with van der Waals surface area (Å²) in [6.45, 7) is 2.63. The van der Waals surface area contributed by atoms with Gasteiger partial charge in [0.1, 0.15) is 6.10 Å². The third kappa shape index (κ3) is 3.81. The molecule has 2 unspecified atom stereocenters. The first-order chi connectivity index (χ1) is 7.65. The van der Waals surface area contributed by atoms with E-state index in [0.717, 1.165) is 0 Å². The standard InChI is InChI=1S/C12H19NO3/c1-9(7-15-2)16-8-12(14)10-5-3-4-6-11(10)13/h3-6,9,12,14H,7-8,13H2,1-2H3. The predicted octanol–water partition coefficient (Wildman–Crippen LogP) is 1.35. The second-order valence-corrected chi connectivity index (χ2v) is 3.74. The Morgan fingerprint density at radius 2 is 2.00 bits per heavy atom. The van der Waals surface area contributed by atoms with E-state index in [1.54, 1.807) is 19.2 Å². The summed E-state index contributed by atoms with van der Waals surface area (Å²) in [4.78, 5) is 0. The van der Waals surface area contributed by atoms with E-state index in [2.05, 4.69) is 0 Å². The van der Waals surface area contributed by atoms with Crippen molar-refractivity contribution in [2.45, 2.75) is 19.1 Å². The van der Waals surface area contributed by atoms with E-state index in [-0.39, 0.29) is 12.7 Å². The van der Waals surface area contributed by atoms with Gasteiger partial charge < -0.3 is 20.3 Å². The molecule has 0 aliphatic heterocycles. The van der Waals surface area contributed by atoms with E-state index in [0.29, 0.717) is 17.9 Å². The fourth-order valence-corrected chi connectivity index (χ4v) is 1.44. The number of ether oxygens (including phenoxy) is 2. The molecule has 0 aromatic heterocycles. The zero-order valence-corrected chi connectivity index (χ0v) is 9.72. The molecule has 0 saturated carbocycles. The molecule has 0 amide bonds. The highest BCUT2D eigenvalue weighted by molar-refractivity contribution is 5.47. The van der Waals surface area contributed by atoms with Gasteiger partial charge in [0.25, 0.3) is 0 Å². The molecule has 2 atom stereocenters. The molecule has 0 aliphatic carbocycles. The van der Waals surface area contributed by atoms with Crippen LogP contribution in [0, 0.1) is 0 Å². The molecular formula is C12H19NO3. The molecule has 4 nitrogen and oxygen atoms in total. The van der Waals surface area contributed by atoms with Gasteiger partial charge in [-0.2, -0.15) is 0 Å². The Kier molecular flexibility index (Phi) is 5.25. The molecule has 0 fully saturated rings. The summed E-state index contributed by atoms with van der Waals surface area (Å²) in [5.74, 6) is 0. The first kappa shape index (κ1) is 13.0. The lowest BCUT2D eigenvalue weighted by Crippen LogP contribution is -2.19. The van der Waals surface area contributed by atoms with Crippen molar-refractivity contribution in [2.75, 3.05) is 26.1 Å². The molecule has 1 aromatic carbocycles. The van der Waals surface area contributed by atoms with E-state index in [9.17, 15) is 5.11 Å². The van der Waals surface area contributed by atoms with Crippen LogP contribution in [0.4, 0.5) is 5.69 Å². The maximum Gasteiger partial charge on any atom is 0.104 e. The van der Waals surface area contributed by atoms with Gasteiger partial charge in [0, 0.05) is 18.4 Å². The summed E-state index contributed by atoms with van der Waals surface area (Å²) in [6, 6.07) is 7.23. The smallest absolute Gasteiger partial charge is 0.104 e. The van der Waals surface area contributed by atoms with Crippen molar-refractivity contribution in [1.82, 2.24) is 0 Å². The quantitative estimate of drug-likeness (QED) is 0.717. The molecule has 0 saturated heterocycles. The van der Waals surface area contributed by atoms with Gasteiger partial charge in [0.2, 0.25) is 0 Å². The summed E-state index contributed by atoms with van der Waals surface area (Å²) in [7, 11) is 1.62. The van der Waals surface area contributed by atoms with Gasteiger partial charge in [-0.1, -0.05) is 18.2 Å². The Balaban J connectivity index is 2.46. The van der Waals surface area contributed by atoms with E-state index < -0.39 is 6.10 Å². The highest BCUT2D eigenvalue weighted by atomic mass is 16.5. The molecule has 0 heterocycles. The highest BCUT2D eigenvalue weighted by Crippen LogP contribution is 2.20. The van der Waals surface area contributed by atoms with Crippen LogP contribution in [0.1, 0.15) is 18.6 Å². The third-order valence-electron chi connectivity index (χ3n) is 2.29. The molecule has 90 valence electrons. The molecule has 16 heavy (non-hydrogen) atoms. The van der Waals surface area contributed by atoms with Crippen LogP contribution in [-0.4, -0.2) is 31.5 Å². The van der Waals surface area contributed by atoms with Gasteiger partial charge in [-0.25, -0.2) is 0 Å². The molecule has 0 spiro atoms. The molecule has 1 rings (SSSR count). The number of aliphatic hydroxyl groups excluding tert-OH is 1. The number of rotatable bonds is 6. The molecule has 1 aromatic rings. The van der Waals surface area contributed by atoms with Crippen molar-refractivity contribution in [3.8, 4) is 0 Å². The van der Waals surface area contributed by atoms with Gasteiger partial charge >= 0.3 is 0 Å². The summed E-state index contributed by atoms with van der Waals surface area (Å²) in [5.41, 5.74) is 7.03. The van der Waals surface area contributed by atoms with Crippen LogP contribution in [-0.2, 0) is 9.47 Å². The van der Waals surface area contributed by atoms with E-state index in [1.807, 2.05) is 19.1 Å². The number of methoxy groups -OCH3 is 1. The van der Waals surface area contributed by atoms with Crippen molar-refractivity contribution in [1.29, 1.82) is 0 Å². The zero-order chi connectivity index (χ0) is 12.0. The Morgan fingerprint density at radius 3 is 2.62 bits per heavy atom. The number of hydrogen-bond donors (Lipinski definition) is 2. The summed E-state index contributed by atoms with van der Waals surface area (Å²) in [6.07, 6.45) is -0.731. The van der Waals surface area contributed by atoms with Crippen LogP contribution >= 0.6 is 0 Å². The average molecular weight is 225 g/mol. The lowest BCUT2D eigenvalue weighted by molar-refractivity contribution is -0.0323. The second kappa shape index (κ2) is 6.48. The van der Waals surface area contributed by atoms with Gasteiger partial charge in [-0.3, -0.25) is 0 Å². The van der Waals surface area contributed by atoms with Gasteiger partial charge in [0.05, 0.1) is 19.3 Å². The number of nitrogens with two attached hydrogens (primary N) is 1. The first-order valence-electron chi connectivity index (χ1n) is 5.28. The van der Waals surface area contributed by atoms with Crippen LogP contribution in [0.5, 0.6) is 0 Å². The molecule has 0 bridgehead atoms. The van der Waals surface area contributed by atoms with E-state index in [4.69, 9.17) is 15.2 Å². The van der Waals surface area contributed by atoms with Crippen LogP contribution < -0.4 is 5.73 Å². The maximum atomic E-state index is 9.87. The maximum absolute atomic E-state index is 9.87. The van der Waals surface area contributed by atoms with Gasteiger partial charge in [-0.15, -0.1) is 0 Å². The summed E-state index contributed by atoms with van der Waals surface area (Å²) in [5, 5.41) is 9.87. The lowest BCUT2D eigenvalue weighted by Gasteiger charge is -2.17. The molecule has 4 heteroatoms. The largest absolute Gasteiger partial charge is 0.398 e. The Hall–Kier alpha value is -1.10. The van der Waals surface area contributed by atoms with E-state index in [1.165, 1.54) is 0 Å². The van der Waals surface area contributed by atoms with Crippen LogP contribution in [0.2, 0.25) is 0 Å². The van der Waals surface area contributed by atoms with Gasteiger partial charge in [0.15, 0.2) is 0 Å². The van der Waals surface area contributed by atoms with Crippen molar-refractivity contribution in [2.24, 2.45) is 0 Å². The van der Waals surface area contributed by atoms with Crippen molar-refractivity contribution in [3.63, 3.8) is 0 Å².